The van der Waals surface area contributed by atoms with Crippen molar-refractivity contribution in [2.45, 2.75) is 40.5 Å². The van der Waals surface area contributed by atoms with Crippen LogP contribution in [0.2, 0.25) is 5.02 Å². The predicted octanol–water partition coefficient (Wildman–Crippen LogP) is 5.04. The van der Waals surface area contributed by atoms with Gasteiger partial charge in [0.15, 0.2) is 0 Å². The summed E-state index contributed by atoms with van der Waals surface area (Å²) < 4.78 is 5.28. The highest BCUT2D eigenvalue weighted by atomic mass is 35.5. The van der Waals surface area contributed by atoms with E-state index in [1.54, 1.807) is 36.1 Å². The molecule has 0 fully saturated rings. The number of hydrogen-bond donors (Lipinski definition) is 1. The Labute approximate surface area is 180 Å². The van der Waals surface area contributed by atoms with Crippen LogP contribution in [-0.2, 0) is 0 Å². The molecule has 0 aliphatic heterocycles. The lowest BCUT2D eigenvalue weighted by Crippen LogP contribution is -2.30. The van der Waals surface area contributed by atoms with E-state index in [4.69, 9.17) is 16.1 Å². The van der Waals surface area contributed by atoms with Gasteiger partial charge in [-0.15, -0.1) is 0 Å². The Morgan fingerprint density at radius 1 is 1.17 bits per heavy atom. The van der Waals surface area contributed by atoms with Gasteiger partial charge in [0.2, 0.25) is 0 Å². The van der Waals surface area contributed by atoms with Crippen molar-refractivity contribution in [1.29, 1.82) is 0 Å². The summed E-state index contributed by atoms with van der Waals surface area (Å²) in [6, 6.07) is 6.64. The Hall–Kier alpha value is -2.93. The fraction of sp³-hybridized carbons (Fsp3) is 0.364. The highest BCUT2D eigenvalue weighted by Crippen LogP contribution is 2.27. The van der Waals surface area contributed by atoms with Crippen molar-refractivity contribution in [2.24, 2.45) is 0 Å². The van der Waals surface area contributed by atoms with Gasteiger partial charge in [0, 0.05) is 24.5 Å². The zero-order valence-electron chi connectivity index (χ0n) is 17.7. The van der Waals surface area contributed by atoms with Gasteiger partial charge >= 0.3 is 0 Å². The van der Waals surface area contributed by atoms with Crippen LogP contribution in [0, 0.1) is 6.92 Å². The third-order valence-electron chi connectivity index (χ3n) is 4.98. The quantitative estimate of drug-likeness (QED) is 0.594. The molecule has 158 valence electrons. The minimum atomic E-state index is -0.325. The molecule has 7 nitrogen and oxygen atoms in total. The summed E-state index contributed by atoms with van der Waals surface area (Å²) in [5, 5.41) is 7.66. The highest BCUT2D eigenvalue weighted by molar-refractivity contribution is 6.34. The number of benzene rings is 1. The Balaban J connectivity index is 1.92. The van der Waals surface area contributed by atoms with Crippen molar-refractivity contribution in [3.05, 3.63) is 51.8 Å². The monoisotopic (exact) mass is 428 g/mol. The molecule has 0 saturated carbocycles. The van der Waals surface area contributed by atoms with Crippen LogP contribution >= 0.6 is 11.6 Å². The number of nitrogens with zero attached hydrogens (tertiary/aromatic N) is 3. The zero-order valence-corrected chi connectivity index (χ0v) is 18.5. The lowest BCUT2D eigenvalue weighted by molar-refractivity contribution is 0.0773. The Kier molecular flexibility index (Phi) is 6.41. The zero-order chi connectivity index (χ0) is 22.0. The lowest BCUT2D eigenvalue weighted by atomic mass is 10.0. The number of halogens is 1. The van der Waals surface area contributed by atoms with E-state index in [1.165, 1.54) is 0 Å². The number of rotatable bonds is 6. The van der Waals surface area contributed by atoms with Gasteiger partial charge in [-0.3, -0.25) is 9.59 Å². The number of anilines is 1. The van der Waals surface area contributed by atoms with E-state index in [1.807, 2.05) is 27.7 Å². The van der Waals surface area contributed by atoms with Crippen LogP contribution in [0.15, 0.2) is 28.8 Å². The molecule has 1 aromatic carbocycles. The number of aromatic nitrogens is 2. The summed E-state index contributed by atoms with van der Waals surface area (Å²) in [5.74, 6) is -0.346. The molecule has 0 spiro atoms. The molecule has 0 aliphatic rings. The Bertz CT molecular complexity index is 1100. The summed E-state index contributed by atoms with van der Waals surface area (Å²) in [6.45, 7) is 10.8. The molecule has 0 unspecified atom stereocenters. The normalized spacial score (nSPS) is 11.2. The van der Waals surface area contributed by atoms with Crippen LogP contribution in [0.25, 0.3) is 11.1 Å². The molecule has 3 rings (SSSR count). The van der Waals surface area contributed by atoms with E-state index < -0.39 is 0 Å². The second-order valence-corrected chi connectivity index (χ2v) is 7.73. The third-order valence-corrected chi connectivity index (χ3v) is 5.29. The summed E-state index contributed by atoms with van der Waals surface area (Å²) in [6.07, 6.45) is 0. The molecular formula is C22H25ClN4O3. The van der Waals surface area contributed by atoms with Crippen molar-refractivity contribution >= 4 is 40.2 Å². The van der Waals surface area contributed by atoms with Gasteiger partial charge < -0.3 is 14.7 Å². The number of nitrogens with one attached hydrogen (secondary N) is 1. The molecule has 3 aromatic rings. The van der Waals surface area contributed by atoms with Gasteiger partial charge in [-0.2, -0.15) is 0 Å². The third kappa shape index (κ3) is 4.16. The number of aryl methyl sites for hydroxylation is 1. The summed E-state index contributed by atoms with van der Waals surface area (Å²) >= 11 is 6.35. The van der Waals surface area contributed by atoms with Crippen LogP contribution in [0.5, 0.6) is 0 Å². The van der Waals surface area contributed by atoms with Crippen LogP contribution in [-0.4, -0.2) is 39.9 Å². The molecule has 30 heavy (non-hydrogen) atoms. The number of pyridine rings is 1. The Morgan fingerprint density at radius 3 is 2.47 bits per heavy atom. The summed E-state index contributed by atoms with van der Waals surface area (Å²) in [5.41, 5.74) is 3.00. The molecule has 0 saturated heterocycles. The second kappa shape index (κ2) is 8.83. The van der Waals surface area contributed by atoms with E-state index in [0.29, 0.717) is 46.7 Å². The van der Waals surface area contributed by atoms with Gasteiger partial charge in [0.1, 0.15) is 0 Å². The Morgan fingerprint density at radius 2 is 1.87 bits per heavy atom. The first kappa shape index (κ1) is 21.8. The number of fused-ring (bicyclic) bond motifs is 1. The fourth-order valence-corrected chi connectivity index (χ4v) is 3.50. The lowest BCUT2D eigenvalue weighted by Gasteiger charge is -2.19. The average molecular weight is 429 g/mol. The number of amides is 2. The molecular weight excluding hydrogens is 404 g/mol. The minimum Gasteiger partial charge on any atom is -0.339 e. The molecule has 0 bridgehead atoms. The van der Waals surface area contributed by atoms with Gasteiger partial charge in [-0.1, -0.05) is 30.6 Å². The number of carbonyl (C=O) groups is 2. The van der Waals surface area contributed by atoms with Gasteiger partial charge in [0.25, 0.3) is 17.5 Å². The smallest absolute Gasteiger partial charge is 0.259 e. The maximum absolute atomic E-state index is 13.1. The minimum absolute atomic E-state index is 0.117. The highest BCUT2D eigenvalue weighted by Gasteiger charge is 2.21. The number of hydrogen-bond acceptors (Lipinski definition) is 5. The van der Waals surface area contributed by atoms with Crippen molar-refractivity contribution in [2.75, 3.05) is 18.4 Å². The first-order valence-corrected chi connectivity index (χ1v) is 10.3. The van der Waals surface area contributed by atoms with Crippen LogP contribution in [0.4, 0.5) is 5.69 Å². The maximum Gasteiger partial charge on any atom is 0.259 e. The van der Waals surface area contributed by atoms with Crippen molar-refractivity contribution in [1.82, 2.24) is 15.0 Å². The van der Waals surface area contributed by atoms with Gasteiger partial charge in [-0.25, -0.2) is 4.98 Å². The standard InChI is InChI=1S/C22H25ClN4O3/c1-6-27(7-2)22(29)15-9-8-14(10-17(15)23)24-20(28)16-11-18(12(3)4)25-21-19(16)13(5)26-30-21/h8-12H,6-7H2,1-5H3,(H,24,28). The van der Waals surface area contributed by atoms with Crippen molar-refractivity contribution in [3.63, 3.8) is 0 Å². The molecule has 2 aromatic heterocycles. The van der Waals surface area contributed by atoms with Crippen LogP contribution < -0.4 is 5.32 Å². The molecule has 2 heterocycles. The second-order valence-electron chi connectivity index (χ2n) is 7.32. The maximum atomic E-state index is 13.1. The summed E-state index contributed by atoms with van der Waals surface area (Å²) in [7, 11) is 0. The van der Waals surface area contributed by atoms with Gasteiger partial charge in [-0.05, 0) is 51.0 Å². The van der Waals surface area contributed by atoms with E-state index in [-0.39, 0.29) is 22.8 Å². The molecule has 0 radical (unpaired) electrons. The van der Waals surface area contributed by atoms with Crippen molar-refractivity contribution < 1.29 is 14.1 Å². The first-order chi connectivity index (χ1) is 14.3. The van der Waals surface area contributed by atoms with E-state index in [2.05, 4.69) is 15.5 Å². The molecule has 0 atom stereocenters. The largest absolute Gasteiger partial charge is 0.339 e. The first-order valence-electron chi connectivity index (χ1n) is 9.93. The van der Waals surface area contributed by atoms with E-state index >= 15 is 0 Å². The SMILES string of the molecule is CCN(CC)C(=O)c1ccc(NC(=O)c2cc(C(C)C)nc3onc(C)c23)cc1Cl. The van der Waals surface area contributed by atoms with E-state index in [0.717, 1.165) is 5.69 Å². The molecule has 8 heteroatoms. The average Bonchev–Trinajstić information content (AvgIpc) is 3.09. The molecule has 2 amide bonds. The summed E-state index contributed by atoms with van der Waals surface area (Å²) in [4.78, 5) is 31.8. The van der Waals surface area contributed by atoms with Crippen LogP contribution in [0.1, 0.15) is 65.7 Å². The molecule has 1 N–H and O–H groups in total. The number of carbonyl (C=O) groups excluding carboxylic acids is 2. The van der Waals surface area contributed by atoms with Crippen LogP contribution in [0.3, 0.4) is 0 Å². The predicted molar refractivity (Wildman–Crippen MR) is 117 cm³/mol. The fourth-order valence-electron chi connectivity index (χ4n) is 3.23. The van der Waals surface area contributed by atoms with E-state index in [9.17, 15) is 9.59 Å². The van der Waals surface area contributed by atoms with Crippen molar-refractivity contribution in [3.8, 4) is 0 Å². The topological polar surface area (TPSA) is 88.3 Å². The van der Waals surface area contributed by atoms with Gasteiger partial charge in [0.05, 0.1) is 27.2 Å². The molecule has 0 aliphatic carbocycles.